The van der Waals surface area contributed by atoms with Gasteiger partial charge in [0.05, 0.1) is 6.33 Å². The molecule has 0 atom stereocenters. The van der Waals surface area contributed by atoms with Crippen LogP contribution in [0.1, 0.15) is 12.8 Å². The molecule has 0 aliphatic rings. The zero-order valence-electron chi connectivity index (χ0n) is 11.8. The van der Waals surface area contributed by atoms with Gasteiger partial charge in [-0.25, -0.2) is 4.98 Å². The first-order chi connectivity index (χ1) is 10.3. The van der Waals surface area contributed by atoms with E-state index in [2.05, 4.69) is 4.98 Å². The molecule has 108 valence electrons. The molecule has 2 aromatic heterocycles. The van der Waals surface area contributed by atoms with Crippen molar-refractivity contribution in [1.82, 2.24) is 14.1 Å². The Hall–Kier alpha value is -2.56. The van der Waals surface area contributed by atoms with Crippen molar-refractivity contribution in [3.63, 3.8) is 0 Å². The number of hydrogen-bond acceptors (Lipinski definition) is 3. The van der Waals surface area contributed by atoms with Crippen LogP contribution in [0.4, 0.5) is 5.82 Å². The number of aryl methyl sites for hydroxylation is 1. The molecule has 0 saturated heterocycles. The van der Waals surface area contributed by atoms with Gasteiger partial charge in [0.2, 0.25) is 0 Å². The number of rotatable bonds is 5. The minimum absolute atomic E-state index is 0.00627. The van der Waals surface area contributed by atoms with Gasteiger partial charge in [-0.1, -0.05) is 18.2 Å². The third-order valence-corrected chi connectivity index (χ3v) is 3.66. The predicted octanol–water partition coefficient (Wildman–Crippen LogP) is 2.26. The Morgan fingerprint density at radius 3 is 2.76 bits per heavy atom. The van der Waals surface area contributed by atoms with E-state index in [1.807, 2.05) is 41.1 Å². The van der Waals surface area contributed by atoms with Crippen LogP contribution < -0.4 is 11.3 Å². The molecule has 0 unspecified atom stereocenters. The predicted molar refractivity (Wildman–Crippen MR) is 84.1 cm³/mol. The van der Waals surface area contributed by atoms with Gasteiger partial charge in [0.15, 0.2) is 0 Å². The molecule has 0 radical (unpaired) electrons. The average molecular weight is 282 g/mol. The van der Waals surface area contributed by atoms with E-state index in [1.165, 1.54) is 0 Å². The van der Waals surface area contributed by atoms with E-state index < -0.39 is 0 Å². The van der Waals surface area contributed by atoms with Gasteiger partial charge in [-0.05, 0) is 30.4 Å². The van der Waals surface area contributed by atoms with E-state index in [1.54, 1.807) is 17.1 Å². The second kappa shape index (κ2) is 5.83. The standard InChI is InChI=1S/C16H18N4O/c17-15-11-13-5-1-2-6-14(13)16(21)20(15)9-4-3-8-19-10-7-18-12-19/h1-2,5-7,10-12H,3-4,8-9,17H2. The summed E-state index contributed by atoms with van der Waals surface area (Å²) in [5, 5.41) is 1.62. The third kappa shape index (κ3) is 2.81. The average Bonchev–Trinajstić information content (AvgIpc) is 2.99. The normalized spacial score (nSPS) is 11.0. The van der Waals surface area contributed by atoms with E-state index in [-0.39, 0.29) is 5.56 Å². The number of pyridine rings is 1. The van der Waals surface area contributed by atoms with Crippen LogP contribution >= 0.6 is 0 Å². The van der Waals surface area contributed by atoms with E-state index >= 15 is 0 Å². The SMILES string of the molecule is Nc1cc2ccccc2c(=O)n1CCCCn1ccnc1. The summed E-state index contributed by atoms with van der Waals surface area (Å²) in [6, 6.07) is 9.42. The molecule has 3 rings (SSSR count). The zero-order chi connectivity index (χ0) is 14.7. The highest BCUT2D eigenvalue weighted by Crippen LogP contribution is 2.13. The number of unbranched alkanes of at least 4 members (excludes halogenated alkanes) is 1. The maximum atomic E-state index is 12.4. The molecule has 0 spiro atoms. The number of nitrogen functional groups attached to an aromatic ring is 1. The molecule has 21 heavy (non-hydrogen) atoms. The molecule has 0 fully saturated rings. The maximum Gasteiger partial charge on any atom is 0.259 e. The van der Waals surface area contributed by atoms with Crippen LogP contribution in [0.15, 0.2) is 53.8 Å². The smallest absolute Gasteiger partial charge is 0.259 e. The van der Waals surface area contributed by atoms with Crippen LogP contribution in [0.25, 0.3) is 10.8 Å². The molecule has 5 heteroatoms. The molecule has 0 amide bonds. The first-order valence-corrected chi connectivity index (χ1v) is 7.09. The molecular weight excluding hydrogens is 264 g/mol. The Morgan fingerprint density at radius 2 is 1.95 bits per heavy atom. The summed E-state index contributed by atoms with van der Waals surface area (Å²) in [4.78, 5) is 16.4. The molecule has 0 saturated carbocycles. The first kappa shape index (κ1) is 13.4. The van der Waals surface area contributed by atoms with E-state index in [0.29, 0.717) is 12.4 Å². The van der Waals surface area contributed by atoms with Crippen molar-refractivity contribution < 1.29 is 0 Å². The largest absolute Gasteiger partial charge is 0.385 e. The molecule has 1 aromatic carbocycles. The Labute approximate surface area is 122 Å². The van der Waals surface area contributed by atoms with Crippen molar-refractivity contribution in [1.29, 1.82) is 0 Å². The summed E-state index contributed by atoms with van der Waals surface area (Å²) in [6.07, 6.45) is 7.40. The van der Waals surface area contributed by atoms with Crippen LogP contribution in [0, 0.1) is 0 Å². The topological polar surface area (TPSA) is 65.8 Å². The van der Waals surface area contributed by atoms with Crippen LogP contribution in [-0.4, -0.2) is 14.1 Å². The lowest BCUT2D eigenvalue weighted by atomic mass is 10.1. The number of benzene rings is 1. The van der Waals surface area contributed by atoms with Gasteiger partial charge >= 0.3 is 0 Å². The number of nitrogens with two attached hydrogens (primary N) is 1. The lowest BCUT2D eigenvalue weighted by molar-refractivity contribution is 0.549. The number of nitrogens with zero attached hydrogens (tertiary/aromatic N) is 3. The van der Waals surface area contributed by atoms with Gasteiger partial charge in [-0.3, -0.25) is 9.36 Å². The minimum Gasteiger partial charge on any atom is -0.385 e. The fraction of sp³-hybridized carbons (Fsp3) is 0.250. The second-order valence-corrected chi connectivity index (χ2v) is 5.12. The summed E-state index contributed by atoms with van der Waals surface area (Å²) < 4.78 is 3.70. The van der Waals surface area contributed by atoms with Gasteiger partial charge in [-0.15, -0.1) is 0 Å². The van der Waals surface area contributed by atoms with Crippen molar-refractivity contribution in [2.75, 3.05) is 5.73 Å². The Kier molecular flexibility index (Phi) is 3.73. The Morgan fingerprint density at radius 1 is 1.14 bits per heavy atom. The van der Waals surface area contributed by atoms with Crippen molar-refractivity contribution in [2.45, 2.75) is 25.9 Å². The quantitative estimate of drug-likeness (QED) is 0.730. The fourth-order valence-corrected chi connectivity index (χ4v) is 2.53. The monoisotopic (exact) mass is 282 g/mol. The van der Waals surface area contributed by atoms with Gasteiger partial charge in [0, 0.05) is 30.9 Å². The highest BCUT2D eigenvalue weighted by Gasteiger charge is 2.06. The molecule has 5 nitrogen and oxygen atoms in total. The van der Waals surface area contributed by atoms with Crippen molar-refractivity contribution in [2.24, 2.45) is 0 Å². The maximum absolute atomic E-state index is 12.4. The molecular formula is C16H18N4O. The Bertz CT molecular complexity index is 790. The Balaban J connectivity index is 1.73. The first-order valence-electron chi connectivity index (χ1n) is 7.09. The highest BCUT2D eigenvalue weighted by atomic mass is 16.1. The van der Waals surface area contributed by atoms with Crippen LogP contribution in [0.3, 0.4) is 0 Å². The molecule has 0 bridgehead atoms. The molecule has 3 aromatic rings. The van der Waals surface area contributed by atoms with Crippen LogP contribution in [0.2, 0.25) is 0 Å². The lowest BCUT2D eigenvalue weighted by Gasteiger charge is -2.11. The highest BCUT2D eigenvalue weighted by molar-refractivity contribution is 5.83. The summed E-state index contributed by atoms with van der Waals surface area (Å²) in [7, 11) is 0. The molecule has 0 aliphatic carbocycles. The number of hydrogen-bond donors (Lipinski definition) is 1. The lowest BCUT2D eigenvalue weighted by Crippen LogP contribution is -2.23. The van der Waals surface area contributed by atoms with Crippen molar-refractivity contribution in [3.05, 3.63) is 59.4 Å². The number of aromatic nitrogens is 3. The van der Waals surface area contributed by atoms with Crippen LogP contribution in [-0.2, 0) is 13.1 Å². The van der Waals surface area contributed by atoms with Crippen molar-refractivity contribution in [3.8, 4) is 0 Å². The van der Waals surface area contributed by atoms with Crippen molar-refractivity contribution >= 4 is 16.6 Å². The van der Waals surface area contributed by atoms with Crippen LogP contribution in [0.5, 0.6) is 0 Å². The summed E-state index contributed by atoms with van der Waals surface area (Å²) >= 11 is 0. The van der Waals surface area contributed by atoms with Gasteiger partial charge < -0.3 is 10.3 Å². The van der Waals surface area contributed by atoms with Gasteiger partial charge in [0.25, 0.3) is 5.56 Å². The fourth-order valence-electron chi connectivity index (χ4n) is 2.53. The zero-order valence-corrected chi connectivity index (χ0v) is 11.8. The third-order valence-electron chi connectivity index (χ3n) is 3.66. The molecule has 0 aliphatic heterocycles. The van der Waals surface area contributed by atoms with E-state index in [4.69, 9.17) is 5.73 Å². The second-order valence-electron chi connectivity index (χ2n) is 5.12. The van der Waals surface area contributed by atoms with E-state index in [9.17, 15) is 4.79 Å². The van der Waals surface area contributed by atoms with E-state index in [0.717, 1.165) is 30.2 Å². The number of imidazole rings is 1. The summed E-state index contributed by atoms with van der Waals surface area (Å²) in [5.41, 5.74) is 6.01. The molecule has 2 N–H and O–H groups in total. The van der Waals surface area contributed by atoms with Gasteiger partial charge in [-0.2, -0.15) is 0 Å². The minimum atomic E-state index is -0.00627. The summed E-state index contributed by atoms with van der Waals surface area (Å²) in [5.74, 6) is 0.529. The molecule has 2 heterocycles. The number of anilines is 1. The summed E-state index contributed by atoms with van der Waals surface area (Å²) in [6.45, 7) is 1.55. The number of fused-ring (bicyclic) bond motifs is 1. The van der Waals surface area contributed by atoms with Gasteiger partial charge in [0.1, 0.15) is 5.82 Å².